The van der Waals surface area contributed by atoms with Crippen molar-refractivity contribution in [1.29, 1.82) is 0 Å². The topological polar surface area (TPSA) is 9.23 Å². The van der Waals surface area contributed by atoms with Crippen LogP contribution in [-0.2, 0) is 4.74 Å². The van der Waals surface area contributed by atoms with E-state index in [4.69, 9.17) is 4.74 Å². The van der Waals surface area contributed by atoms with E-state index >= 15 is 0 Å². The molecule has 0 aliphatic carbocycles. The minimum atomic E-state index is 0.997. The van der Waals surface area contributed by atoms with Gasteiger partial charge >= 0.3 is 0 Å². The summed E-state index contributed by atoms with van der Waals surface area (Å²) in [4.78, 5) is 0. The van der Waals surface area contributed by atoms with Gasteiger partial charge in [-0.2, -0.15) is 0 Å². The van der Waals surface area contributed by atoms with Crippen molar-refractivity contribution in [3.63, 3.8) is 0 Å². The average molecular weight is 509 g/mol. The fourth-order valence-electron chi connectivity index (χ4n) is 4.90. The van der Waals surface area contributed by atoms with E-state index in [1.54, 1.807) is 6.08 Å². The molecular weight excluding hydrogens is 436 g/mol. The van der Waals surface area contributed by atoms with Gasteiger partial charge in [0.05, 0.1) is 0 Å². The molecule has 0 fully saturated rings. The van der Waals surface area contributed by atoms with Crippen LogP contribution < -0.4 is 0 Å². The Bertz CT molecular complexity index is 321. The normalized spacial score (nSPS) is 10.9. The molecule has 0 bridgehead atoms. The van der Waals surface area contributed by atoms with Gasteiger partial charge in [-0.15, -0.1) is 6.58 Å². The van der Waals surface area contributed by atoms with Gasteiger partial charge in [-0.1, -0.05) is 187 Å². The third-order valence-corrected chi connectivity index (χ3v) is 7.28. The summed E-state index contributed by atoms with van der Waals surface area (Å²) in [5.74, 6) is 0. The Kier molecular flexibility index (Phi) is 41.2. The van der Waals surface area contributed by atoms with E-state index in [2.05, 4.69) is 20.4 Å². The molecule has 0 saturated carbocycles. The number of rotatable bonds is 30. The summed E-state index contributed by atoms with van der Waals surface area (Å²) in [5.41, 5.74) is 0. The maximum atomic E-state index is 5.85. The van der Waals surface area contributed by atoms with Crippen LogP contribution in [0.2, 0.25) is 0 Å². The van der Waals surface area contributed by atoms with Gasteiger partial charge in [-0.05, 0) is 19.8 Å². The van der Waals surface area contributed by atoms with E-state index in [-0.39, 0.29) is 0 Å². The lowest BCUT2D eigenvalue weighted by atomic mass is 10.0. The molecule has 0 N–H and O–H groups in total. The molecule has 1 heteroatoms. The molecule has 0 atom stereocenters. The Labute approximate surface area is 231 Å². The first-order valence-electron chi connectivity index (χ1n) is 17.0. The molecule has 0 aliphatic heterocycles. The molecule has 0 aromatic heterocycles. The summed E-state index contributed by atoms with van der Waals surface area (Å²) in [7, 11) is 0. The largest absolute Gasteiger partial charge is 0.381 e. The van der Waals surface area contributed by atoms with E-state index in [1.165, 1.54) is 180 Å². The van der Waals surface area contributed by atoms with Crippen molar-refractivity contribution in [3.8, 4) is 0 Å². The number of ether oxygens (including phenoxy) is 1. The molecule has 1 nitrogen and oxygen atoms in total. The smallest absolute Gasteiger partial charge is 0.0466 e. The first kappa shape index (κ1) is 37.9. The van der Waals surface area contributed by atoms with Crippen LogP contribution in [0.25, 0.3) is 0 Å². The number of hydrogen-bond acceptors (Lipinski definition) is 1. The Morgan fingerprint density at radius 3 is 0.722 bits per heavy atom. The lowest BCUT2D eigenvalue weighted by Gasteiger charge is -2.05. The Morgan fingerprint density at radius 1 is 0.361 bits per heavy atom. The zero-order chi connectivity index (χ0) is 26.6. The molecular formula is C35H72O. The third-order valence-electron chi connectivity index (χ3n) is 7.28. The first-order chi connectivity index (χ1) is 17.8. The molecule has 0 heterocycles. The quantitative estimate of drug-likeness (QED) is 0.0692. The molecule has 0 rings (SSSR count). The van der Waals surface area contributed by atoms with Gasteiger partial charge in [-0.25, -0.2) is 0 Å². The van der Waals surface area contributed by atoms with Crippen LogP contribution in [0.1, 0.15) is 201 Å². The van der Waals surface area contributed by atoms with E-state index < -0.39 is 0 Å². The minimum Gasteiger partial charge on any atom is -0.381 e. The summed E-state index contributed by atoms with van der Waals surface area (Å²) < 4.78 is 5.85. The highest BCUT2D eigenvalue weighted by Gasteiger charge is 1.96. The van der Waals surface area contributed by atoms with Crippen molar-refractivity contribution in [1.82, 2.24) is 0 Å². The maximum absolute atomic E-state index is 5.85. The minimum absolute atomic E-state index is 0.997. The van der Waals surface area contributed by atoms with Gasteiger partial charge in [0, 0.05) is 13.2 Å². The fraction of sp³-hybridized carbons (Fsp3) is 0.943. The molecule has 0 aliphatic rings. The van der Waals surface area contributed by atoms with Crippen LogP contribution in [0.15, 0.2) is 12.7 Å². The van der Waals surface area contributed by atoms with Crippen molar-refractivity contribution in [2.24, 2.45) is 0 Å². The van der Waals surface area contributed by atoms with Crippen LogP contribution in [0, 0.1) is 0 Å². The van der Waals surface area contributed by atoms with Crippen LogP contribution >= 0.6 is 0 Å². The molecule has 0 amide bonds. The second-order valence-corrected chi connectivity index (χ2v) is 11.2. The monoisotopic (exact) mass is 509 g/mol. The van der Waals surface area contributed by atoms with Gasteiger partial charge in [0.2, 0.25) is 0 Å². The van der Waals surface area contributed by atoms with Gasteiger partial charge in [0.1, 0.15) is 0 Å². The second-order valence-electron chi connectivity index (χ2n) is 11.2. The van der Waals surface area contributed by atoms with Crippen LogP contribution in [0.4, 0.5) is 0 Å². The van der Waals surface area contributed by atoms with Crippen molar-refractivity contribution < 1.29 is 4.74 Å². The van der Waals surface area contributed by atoms with Crippen molar-refractivity contribution in [3.05, 3.63) is 12.7 Å². The van der Waals surface area contributed by atoms with Crippen molar-refractivity contribution in [2.75, 3.05) is 13.2 Å². The van der Waals surface area contributed by atoms with Crippen molar-refractivity contribution >= 4 is 0 Å². The molecule has 0 spiro atoms. The van der Waals surface area contributed by atoms with Gasteiger partial charge in [0.15, 0.2) is 0 Å². The van der Waals surface area contributed by atoms with E-state index in [0.29, 0.717) is 0 Å². The third kappa shape index (κ3) is 40.9. The summed E-state index contributed by atoms with van der Waals surface area (Å²) in [5, 5.41) is 0. The highest BCUT2D eigenvalue weighted by molar-refractivity contribution is 4.52. The Balaban J connectivity index is 0. The first-order valence-corrected chi connectivity index (χ1v) is 17.0. The van der Waals surface area contributed by atoms with Crippen LogP contribution in [0.3, 0.4) is 0 Å². The standard InChI is InChI=1S/C32H66O.C3H6/c1-3-5-7-9-11-13-15-17-19-21-23-25-27-29-31-33-32-30-28-26-24-22-20-18-16-14-12-10-8-6-4-2;1-3-2/h3-32H2,1-2H3;3H,1H2,2H3. The predicted molar refractivity (Wildman–Crippen MR) is 167 cm³/mol. The highest BCUT2D eigenvalue weighted by atomic mass is 16.5. The zero-order valence-corrected chi connectivity index (χ0v) is 25.9. The number of unbranched alkanes of at least 4 members (excludes halogenated alkanes) is 26. The summed E-state index contributed by atoms with van der Waals surface area (Å²) in [6, 6.07) is 0. The fourth-order valence-corrected chi connectivity index (χ4v) is 4.90. The molecule has 0 unspecified atom stereocenters. The summed E-state index contributed by atoms with van der Waals surface area (Å²) in [6.07, 6.45) is 41.8. The number of hydrogen-bond donors (Lipinski definition) is 0. The van der Waals surface area contributed by atoms with Gasteiger partial charge in [-0.3, -0.25) is 0 Å². The highest BCUT2D eigenvalue weighted by Crippen LogP contribution is 2.14. The van der Waals surface area contributed by atoms with Crippen molar-refractivity contribution in [2.45, 2.75) is 201 Å². The van der Waals surface area contributed by atoms with E-state index in [9.17, 15) is 0 Å². The average Bonchev–Trinajstić information content (AvgIpc) is 2.88. The molecule has 0 saturated heterocycles. The Morgan fingerprint density at radius 2 is 0.528 bits per heavy atom. The molecule has 0 aromatic rings. The maximum Gasteiger partial charge on any atom is 0.0466 e. The number of allylic oxidation sites excluding steroid dienone is 1. The summed E-state index contributed by atoms with van der Waals surface area (Å²) in [6.45, 7) is 11.8. The molecule has 36 heavy (non-hydrogen) atoms. The SMILES string of the molecule is C=CC.CCCCCCCCCCCCCCCCOCCCCCCCCCCCCCCCC. The van der Waals surface area contributed by atoms with E-state index in [1.807, 2.05) is 6.92 Å². The Hall–Kier alpha value is -0.300. The van der Waals surface area contributed by atoms with Crippen LogP contribution in [0.5, 0.6) is 0 Å². The predicted octanol–water partition coefficient (Wildman–Crippen LogP) is 13.2. The van der Waals surface area contributed by atoms with Gasteiger partial charge < -0.3 is 4.74 Å². The van der Waals surface area contributed by atoms with E-state index in [0.717, 1.165) is 13.2 Å². The lowest BCUT2D eigenvalue weighted by Crippen LogP contribution is -1.97. The van der Waals surface area contributed by atoms with Gasteiger partial charge in [0.25, 0.3) is 0 Å². The zero-order valence-electron chi connectivity index (χ0n) is 25.9. The second kappa shape index (κ2) is 39.2. The summed E-state index contributed by atoms with van der Waals surface area (Å²) >= 11 is 0. The molecule has 218 valence electrons. The lowest BCUT2D eigenvalue weighted by molar-refractivity contribution is 0.125. The molecule has 0 radical (unpaired) electrons. The van der Waals surface area contributed by atoms with Crippen LogP contribution in [-0.4, -0.2) is 13.2 Å². The molecule has 0 aromatic carbocycles.